The Bertz CT molecular complexity index is 797. The first-order valence-electron chi connectivity index (χ1n) is 6.14. The number of rotatable bonds is 3. The van der Waals surface area contributed by atoms with Gasteiger partial charge in [0, 0.05) is 10.6 Å². The van der Waals surface area contributed by atoms with E-state index < -0.39 is 11.7 Å². The van der Waals surface area contributed by atoms with Gasteiger partial charge in [0.15, 0.2) is 0 Å². The molecule has 6 heteroatoms. The van der Waals surface area contributed by atoms with Gasteiger partial charge in [-0.2, -0.15) is 5.26 Å². The molecule has 0 radical (unpaired) electrons. The minimum Gasteiger partial charge on any atom is -0.320 e. The number of nitrogens with zero attached hydrogens (tertiary/aromatic N) is 1. The van der Waals surface area contributed by atoms with Crippen molar-refractivity contribution in [1.29, 1.82) is 5.26 Å². The van der Waals surface area contributed by atoms with Crippen molar-refractivity contribution < 1.29 is 9.18 Å². The van der Waals surface area contributed by atoms with E-state index in [1.807, 2.05) is 0 Å². The van der Waals surface area contributed by atoms with E-state index in [1.54, 1.807) is 18.2 Å². The van der Waals surface area contributed by atoms with Gasteiger partial charge >= 0.3 is 0 Å². The van der Waals surface area contributed by atoms with Gasteiger partial charge in [-0.05, 0) is 30.3 Å². The Morgan fingerprint density at radius 1 is 1.23 bits per heavy atom. The van der Waals surface area contributed by atoms with Crippen LogP contribution < -0.4 is 5.32 Å². The predicted molar refractivity (Wildman–Crippen MR) is 85.1 cm³/mol. The average molecular weight is 335 g/mol. The maximum atomic E-state index is 13.6. The average Bonchev–Trinajstić information content (AvgIpc) is 2.49. The number of anilines is 1. The fraction of sp³-hybridized carbons (Fsp3) is 0. The standard InChI is InChI=1S/C16H9Cl2FN2O/c17-12-5-6-15(13(18)8-12)21-16(22)11(9-20)7-10-3-1-2-4-14(10)19/h1-8H,(H,21,22)/b11-7+. The molecule has 0 aliphatic heterocycles. The third kappa shape index (κ3) is 3.85. The molecule has 22 heavy (non-hydrogen) atoms. The van der Waals surface area contributed by atoms with E-state index in [4.69, 9.17) is 28.5 Å². The topological polar surface area (TPSA) is 52.9 Å². The first-order valence-corrected chi connectivity index (χ1v) is 6.89. The van der Waals surface area contributed by atoms with Crippen molar-refractivity contribution in [2.45, 2.75) is 0 Å². The summed E-state index contributed by atoms with van der Waals surface area (Å²) in [5, 5.41) is 12.2. The van der Waals surface area contributed by atoms with Crippen LogP contribution in [0.25, 0.3) is 6.08 Å². The minimum absolute atomic E-state index is 0.149. The summed E-state index contributed by atoms with van der Waals surface area (Å²) in [5.41, 5.74) is 0.221. The molecule has 0 aliphatic rings. The molecule has 3 nitrogen and oxygen atoms in total. The maximum Gasteiger partial charge on any atom is 0.266 e. The summed E-state index contributed by atoms with van der Waals surface area (Å²) in [6, 6.07) is 12.1. The Balaban J connectivity index is 2.27. The number of hydrogen-bond acceptors (Lipinski definition) is 2. The van der Waals surface area contributed by atoms with Gasteiger partial charge in [0.05, 0.1) is 10.7 Å². The van der Waals surface area contributed by atoms with Gasteiger partial charge in [0.1, 0.15) is 17.5 Å². The number of carbonyl (C=O) groups is 1. The van der Waals surface area contributed by atoms with Crippen LogP contribution in [0.4, 0.5) is 10.1 Å². The second-order valence-electron chi connectivity index (χ2n) is 4.27. The van der Waals surface area contributed by atoms with Gasteiger partial charge in [-0.15, -0.1) is 0 Å². The van der Waals surface area contributed by atoms with Crippen LogP contribution in [-0.4, -0.2) is 5.91 Å². The molecule has 0 fully saturated rings. The van der Waals surface area contributed by atoms with Crippen LogP contribution in [0, 0.1) is 17.1 Å². The summed E-state index contributed by atoms with van der Waals surface area (Å²) in [6.45, 7) is 0. The van der Waals surface area contributed by atoms with Crippen LogP contribution >= 0.6 is 23.2 Å². The molecule has 0 saturated carbocycles. The van der Waals surface area contributed by atoms with E-state index in [0.717, 1.165) is 0 Å². The molecule has 0 heterocycles. The zero-order valence-electron chi connectivity index (χ0n) is 11.1. The molecular weight excluding hydrogens is 326 g/mol. The van der Waals surface area contributed by atoms with Crippen LogP contribution in [0.5, 0.6) is 0 Å². The Kier molecular flexibility index (Phi) is 5.16. The van der Waals surface area contributed by atoms with Crippen molar-refractivity contribution in [3.05, 3.63) is 69.5 Å². The third-order valence-electron chi connectivity index (χ3n) is 2.75. The smallest absolute Gasteiger partial charge is 0.266 e. The SMILES string of the molecule is N#C/C(=C\c1ccccc1F)C(=O)Nc1ccc(Cl)cc1Cl. The van der Waals surface area contributed by atoms with Crippen LogP contribution in [0.15, 0.2) is 48.0 Å². The number of hydrogen-bond donors (Lipinski definition) is 1. The monoisotopic (exact) mass is 334 g/mol. The number of nitriles is 1. The van der Waals surface area contributed by atoms with Crippen molar-refractivity contribution in [3.8, 4) is 6.07 Å². The summed E-state index contributed by atoms with van der Waals surface area (Å²) in [5.74, 6) is -1.21. The van der Waals surface area contributed by atoms with E-state index in [2.05, 4.69) is 5.32 Å². The van der Waals surface area contributed by atoms with Crippen LogP contribution in [0.3, 0.4) is 0 Å². The van der Waals surface area contributed by atoms with Gasteiger partial charge in [0.2, 0.25) is 0 Å². The lowest BCUT2D eigenvalue weighted by Gasteiger charge is -2.07. The van der Waals surface area contributed by atoms with E-state index >= 15 is 0 Å². The molecule has 0 aromatic heterocycles. The van der Waals surface area contributed by atoms with E-state index in [1.165, 1.54) is 36.4 Å². The summed E-state index contributed by atoms with van der Waals surface area (Å²) >= 11 is 11.7. The molecule has 2 rings (SSSR count). The van der Waals surface area contributed by atoms with Crippen LogP contribution in [0.2, 0.25) is 10.0 Å². The van der Waals surface area contributed by atoms with Gasteiger partial charge in [-0.1, -0.05) is 41.4 Å². The number of halogens is 3. The van der Waals surface area contributed by atoms with Crippen molar-refractivity contribution in [2.24, 2.45) is 0 Å². The third-order valence-corrected chi connectivity index (χ3v) is 3.30. The first kappa shape index (κ1) is 16.0. The Morgan fingerprint density at radius 2 is 1.95 bits per heavy atom. The zero-order valence-corrected chi connectivity index (χ0v) is 12.6. The maximum absolute atomic E-state index is 13.6. The minimum atomic E-state index is -0.685. The Hall–Kier alpha value is -2.35. The Morgan fingerprint density at radius 3 is 2.59 bits per heavy atom. The fourth-order valence-corrected chi connectivity index (χ4v) is 2.13. The highest BCUT2D eigenvalue weighted by molar-refractivity contribution is 6.36. The zero-order chi connectivity index (χ0) is 16.1. The lowest BCUT2D eigenvalue weighted by Crippen LogP contribution is -2.13. The normalized spacial score (nSPS) is 10.9. The molecule has 2 aromatic rings. The molecule has 0 atom stereocenters. The van der Waals surface area contributed by atoms with Crippen molar-refractivity contribution in [3.63, 3.8) is 0 Å². The quantitative estimate of drug-likeness (QED) is 0.654. The summed E-state index contributed by atoms with van der Waals surface area (Å²) in [4.78, 5) is 12.1. The lowest BCUT2D eigenvalue weighted by atomic mass is 10.1. The Labute approximate surface area is 136 Å². The molecule has 0 spiro atoms. The molecule has 0 bridgehead atoms. The van der Waals surface area contributed by atoms with Crippen LogP contribution in [0.1, 0.15) is 5.56 Å². The van der Waals surface area contributed by atoms with Gasteiger partial charge in [0.25, 0.3) is 5.91 Å². The molecule has 1 N–H and O–H groups in total. The molecule has 110 valence electrons. The lowest BCUT2D eigenvalue weighted by molar-refractivity contribution is -0.112. The number of nitrogens with one attached hydrogen (secondary N) is 1. The molecule has 1 amide bonds. The predicted octanol–water partition coefficient (Wildman–Crippen LogP) is 4.68. The summed E-state index contributed by atoms with van der Waals surface area (Å²) in [7, 11) is 0. The highest BCUT2D eigenvalue weighted by Crippen LogP contribution is 2.25. The van der Waals surface area contributed by atoms with Gasteiger partial charge < -0.3 is 5.32 Å². The van der Waals surface area contributed by atoms with Crippen molar-refractivity contribution in [1.82, 2.24) is 0 Å². The van der Waals surface area contributed by atoms with Gasteiger partial charge in [-0.25, -0.2) is 4.39 Å². The second kappa shape index (κ2) is 7.08. The second-order valence-corrected chi connectivity index (χ2v) is 5.11. The van der Waals surface area contributed by atoms with Crippen LogP contribution in [-0.2, 0) is 4.79 Å². The van der Waals surface area contributed by atoms with Gasteiger partial charge in [-0.3, -0.25) is 4.79 Å². The molecule has 2 aromatic carbocycles. The highest BCUT2D eigenvalue weighted by Gasteiger charge is 2.12. The number of carbonyl (C=O) groups excluding carboxylic acids is 1. The molecule has 0 unspecified atom stereocenters. The molecular formula is C16H9Cl2FN2O. The molecule has 0 aliphatic carbocycles. The van der Waals surface area contributed by atoms with E-state index in [0.29, 0.717) is 10.7 Å². The van der Waals surface area contributed by atoms with E-state index in [-0.39, 0.29) is 16.2 Å². The molecule has 0 saturated heterocycles. The van der Waals surface area contributed by atoms with Crippen molar-refractivity contribution in [2.75, 3.05) is 5.32 Å². The number of benzene rings is 2. The van der Waals surface area contributed by atoms with E-state index in [9.17, 15) is 9.18 Å². The summed E-state index contributed by atoms with van der Waals surface area (Å²) in [6.07, 6.45) is 1.18. The fourth-order valence-electron chi connectivity index (χ4n) is 1.68. The van der Waals surface area contributed by atoms with Crippen molar-refractivity contribution >= 4 is 40.9 Å². The number of amides is 1. The summed E-state index contributed by atoms with van der Waals surface area (Å²) < 4.78 is 13.6. The highest BCUT2D eigenvalue weighted by atomic mass is 35.5. The largest absolute Gasteiger partial charge is 0.320 e. The first-order chi connectivity index (χ1) is 10.5.